The van der Waals surface area contributed by atoms with Gasteiger partial charge in [0.05, 0.1) is 34.2 Å². The number of rotatable bonds is 4. The van der Waals surface area contributed by atoms with Crippen LogP contribution in [0.25, 0.3) is 22.1 Å². The lowest BCUT2D eigenvalue weighted by molar-refractivity contribution is 0.0951. The van der Waals surface area contributed by atoms with E-state index in [0.717, 1.165) is 39.3 Å². The van der Waals surface area contributed by atoms with Crippen LogP contribution in [-0.2, 0) is 13.6 Å². The number of hydrogen-bond donors (Lipinski definition) is 2. The van der Waals surface area contributed by atoms with Crippen molar-refractivity contribution in [2.45, 2.75) is 33.2 Å². The minimum Gasteiger partial charge on any atom is -0.345 e. The number of aromatic nitrogens is 5. The average Bonchev–Trinajstić information content (AvgIpc) is 3.19. The van der Waals surface area contributed by atoms with Crippen LogP contribution >= 0.6 is 0 Å². The summed E-state index contributed by atoms with van der Waals surface area (Å²) in [6.07, 6.45) is 0. The molecule has 27 heavy (non-hydrogen) atoms. The first-order valence-corrected chi connectivity index (χ1v) is 9.00. The molecule has 3 heterocycles. The molecule has 0 atom stereocenters. The maximum Gasteiger partial charge on any atom is 0.252 e. The van der Waals surface area contributed by atoms with E-state index in [9.17, 15) is 4.79 Å². The zero-order valence-corrected chi connectivity index (χ0v) is 15.9. The molecule has 138 valence electrons. The number of carbonyl (C=O) groups excluding carboxylic acids is 1. The van der Waals surface area contributed by atoms with Gasteiger partial charge in [0, 0.05) is 12.7 Å². The van der Waals surface area contributed by atoms with Crippen molar-refractivity contribution in [3.05, 3.63) is 53.1 Å². The van der Waals surface area contributed by atoms with Crippen molar-refractivity contribution in [1.29, 1.82) is 0 Å². The molecule has 0 saturated heterocycles. The van der Waals surface area contributed by atoms with Crippen LogP contribution in [0.1, 0.15) is 47.3 Å². The molecule has 0 saturated carbocycles. The molecular weight excluding hydrogens is 340 g/mol. The van der Waals surface area contributed by atoms with Gasteiger partial charge in [-0.05, 0) is 31.0 Å². The Morgan fingerprint density at radius 2 is 2.04 bits per heavy atom. The molecule has 1 amide bonds. The van der Waals surface area contributed by atoms with Crippen molar-refractivity contribution in [2.24, 2.45) is 7.05 Å². The quantitative estimate of drug-likeness (QED) is 0.583. The topological polar surface area (TPSA) is 88.5 Å². The summed E-state index contributed by atoms with van der Waals surface area (Å²) in [5, 5.41) is 8.21. The van der Waals surface area contributed by atoms with Crippen LogP contribution in [0.3, 0.4) is 0 Å². The second-order valence-corrected chi connectivity index (χ2v) is 7.04. The van der Waals surface area contributed by atoms with E-state index in [1.807, 2.05) is 44.3 Å². The lowest BCUT2D eigenvalue weighted by Gasteiger charge is -2.10. The fraction of sp³-hybridized carbons (Fsp3) is 0.300. The minimum absolute atomic E-state index is 0.152. The molecule has 0 fully saturated rings. The molecule has 4 rings (SSSR count). The summed E-state index contributed by atoms with van der Waals surface area (Å²) in [4.78, 5) is 25.4. The van der Waals surface area contributed by atoms with E-state index in [0.29, 0.717) is 12.1 Å². The van der Waals surface area contributed by atoms with Gasteiger partial charge in [-0.25, -0.2) is 9.97 Å². The number of aryl methyl sites for hydroxylation is 2. The van der Waals surface area contributed by atoms with E-state index >= 15 is 0 Å². The van der Waals surface area contributed by atoms with Crippen LogP contribution in [0.5, 0.6) is 0 Å². The Hall–Kier alpha value is -3.22. The number of imidazole rings is 1. The van der Waals surface area contributed by atoms with Crippen LogP contribution in [0, 0.1) is 6.92 Å². The highest BCUT2D eigenvalue weighted by Gasteiger charge is 2.19. The standard InChI is InChI=1S/C20H22N6O/c1-11(2)16-9-13(18-12(3)25-26(4)19(18)24-16)20(27)21-10-17-22-14-7-5-6-8-15(14)23-17/h5-9,11H,10H2,1-4H3,(H,21,27)(H,22,23). The van der Waals surface area contributed by atoms with Crippen LogP contribution in [0.4, 0.5) is 0 Å². The Bertz CT molecular complexity index is 1120. The van der Waals surface area contributed by atoms with Gasteiger partial charge in [-0.15, -0.1) is 0 Å². The van der Waals surface area contributed by atoms with Crippen molar-refractivity contribution in [2.75, 3.05) is 0 Å². The minimum atomic E-state index is -0.152. The Morgan fingerprint density at radius 1 is 1.26 bits per heavy atom. The maximum absolute atomic E-state index is 13.0. The van der Waals surface area contributed by atoms with Gasteiger partial charge < -0.3 is 10.3 Å². The van der Waals surface area contributed by atoms with E-state index < -0.39 is 0 Å². The lowest BCUT2D eigenvalue weighted by atomic mass is 10.0. The highest BCUT2D eigenvalue weighted by Crippen LogP contribution is 2.25. The number of nitrogens with one attached hydrogen (secondary N) is 2. The number of H-pyrrole nitrogens is 1. The number of fused-ring (bicyclic) bond motifs is 2. The highest BCUT2D eigenvalue weighted by molar-refractivity contribution is 6.06. The van der Waals surface area contributed by atoms with Gasteiger partial charge in [0.15, 0.2) is 5.65 Å². The third-order valence-corrected chi connectivity index (χ3v) is 4.68. The fourth-order valence-corrected chi connectivity index (χ4v) is 3.29. The summed E-state index contributed by atoms with van der Waals surface area (Å²) in [6.45, 7) is 6.35. The smallest absolute Gasteiger partial charge is 0.252 e. The van der Waals surface area contributed by atoms with Crippen LogP contribution in [-0.4, -0.2) is 30.6 Å². The summed E-state index contributed by atoms with van der Waals surface area (Å²) in [7, 11) is 1.85. The first kappa shape index (κ1) is 17.2. The molecule has 3 aromatic heterocycles. The van der Waals surface area contributed by atoms with E-state index in [1.165, 1.54) is 0 Å². The molecule has 0 spiro atoms. The number of amides is 1. The fourth-order valence-electron chi connectivity index (χ4n) is 3.29. The Balaban J connectivity index is 1.67. The summed E-state index contributed by atoms with van der Waals surface area (Å²) in [5.41, 5.74) is 4.85. The van der Waals surface area contributed by atoms with Gasteiger partial charge >= 0.3 is 0 Å². The van der Waals surface area contributed by atoms with Crippen LogP contribution in [0.2, 0.25) is 0 Å². The monoisotopic (exact) mass is 362 g/mol. The molecule has 7 heteroatoms. The van der Waals surface area contributed by atoms with E-state index in [-0.39, 0.29) is 11.8 Å². The number of para-hydroxylation sites is 2. The van der Waals surface area contributed by atoms with Crippen LogP contribution < -0.4 is 5.32 Å². The lowest BCUT2D eigenvalue weighted by Crippen LogP contribution is -2.24. The van der Waals surface area contributed by atoms with Crippen molar-refractivity contribution in [3.8, 4) is 0 Å². The van der Waals surface area contributed by atoms with Crippen molar-refractivity contribution < 1.29 is 4.79 Å². The molecule has 0 aliphatic carbocycles. The number of benzene rings is 1. The Labute approximate surface area is 156 Å². The molecule has 0 bridgehead atoms. The normalized spacial score (nSPS) is 11.6. The second kappa shape index (κ2) is 6.50. The highest BCUT2D eigenvalue weighted by atomic mass is 16.1. The third kappa shape index (κ3) is 3.05. The van der Waals surface area contributed by atoms with E-state index in [1.54, 1.807) is 4.68 Å². The zero-order chi connectivity index (χ0) is 19.1. The van der Waals surface area contributed by atoms with Crippen molar-refractivity contribution >= 4 is 28.0 Å². The molecule has 0 unspecified atom stereocenters. The van der Waals surface area contributed by atoms with Gasteiger partial charge in [-0.2, -0.15) is 5.10 Å². The summed E-state index contributed by atoms with van der Waals surface area (Å²) in [6, 6.07) is 9.67. The van der Waals surface area contributed by atoms with Gasteiger partial charge in [0.25, 0.3) is 5.91 Å². The summed E-state index contributed by atoms with van der Waals surface area (Å²) < 4.78 is 1.73. The van der Waals surface area contributed by atoms with E-state index in [4.69, 9.17) is 0 Å². The van der Waals surface area contributed by atoms with Gasteiger partial charge in [0.1, 0.15) is 5.82 Å². The molecule has 0 radical (unpaired) electrons. The largest absolute Gasteiger partial charge is 0.345 e. The van der Waals surface area contributed by atoms with Gasteiger partial charge in [-0.1, -0.05) is 26.0 Å². The molecule has 1 aromatic carbocycles. The average molecular weight is 362 g/mol. The van der Waals surface area contributed by atoms with Crippen LogP contribution in [0.15, 0.2) is 30.3 Å². The van der Waals surface area contributed by atoms with Gasteiger partial charge in [-0.3, -0.25) is 9.48 Å². The number of pyridine rings is 1. The second-order valence-electron chi connectivity index (χ2n) is 7.04. The predicted molar refractivity (Wildman–Crippen MR) is 105 cm³/mol. The zero-order valence-electron chi connectivity index (χ0n) is 15.9. The number of hydrogen-bond acceptors (Lipinski definition) is 4. The SMILES string of the molecule is Cc1nn(C)c2nc(C(C)C)cc(C(=O)NCc3nc4ccccc4[nH]3)c12. The van der Waals surface area contributed by atoms with Crippen molar-refractivity contribution in [1.82, 2.24) is 30.0 Å². The molecule has 7 nitrogen and oxygen atoms in total. The number of carbonyl (C=O) groups is 1. The molecule has 4 aromatic rings. The Kier molecular flexibility index (Phi) is 4.14. The third-order valence-electron chi connectivity index (χ3n) is 4.68. The summed E-state index contributed by atoms with van der Waals surface area (Å²) >= 11 is 0. The Morgan fingerprint density at radius 3 is 2.78 bits per heavy atom. The first-order valence-electron chi connectivity index (χ1n) is 9.00. The summed E-state index contributed by atoms with van der Waals surface area (Å²) in [5.74, 6) is 0.786. The number of nitrogens with zero attached hydrogens (tertiary/aromatic N) is 4. The predicted octanol–water partition coefficient (Wildman–Crippen LogP) is 3.21. The maximum atomic E-state index is 13.0. The van der Waals surface area contributed by atoms with Crippen molar-refractivity contribution in [3.63, 3.8) is 0 Å². The van der Waals surface area contributed by atoms with Gasteiger partial charge in [0.2, 0.25) is 0 Å². The van der Waals surface area contributed by atoms with E-state index in [2.05, 4.69) is 39.2 Å². The first-order chi connectivity index (χ1) is 12.9. The number of aromatic amines is 1. The molecule has 0 aliphatic heterocycles. The molecule has 0 aliphatic rings. The molecule has 2 N–H and O–H groups in total. The molecular formula is C20H22N6O.